The van der Waals surface area contributed by atoms with Gasteiger partial charge in [-0.1, -0.05) is 0 Å². The number of ether oxygens (including phenoxy) is 4. The number of aliphatic hydroxyl groups is 6. The van der Waals surface area contributed by atoms with Gasteiger partial charge in [0.05, 0.1) is 12.7 Å². The van der Waals surface area contributed by atoms with Crippen LogP contribution in [-0.4, -0.2) is 114 Å². The highest BCUT2D eigenvalue weighted by Crippen LogP contribution is 2.37. The Bertz CT molecular complexity index is 1470. The van der Waals surface area contributed by atoms with E-state index < -0.39 is 90.7 Å². The first kappa shape index (κ1) is 30.0. The highest BCUT2D eigenvalue weighted by Gasteiger charge is 2.47. The largest absolute Gasteiger partial charge is 0.508 e. The van der Waals surface area contributed by atoms with Gasteiger partial charge in [0, 0.05) is 17.7 Å². The molecular formula is C27H30O15. The van der Waals surface area contributed by atoms with Crippen LogP contribution in [-0.2, 0) is 14.2 Å². The molecule has 3 heterocycles. The van der Waals surface area contributed by atoms with Gasteiger partial charge in [0.2, 0.25) is 17.5 Å². The molecule has 2 saturated heterocycles. The number of rotatable bonds is 6. The quantitative estimate of drug-likeness (QED) is 0.159. The highest BCUT2D eigenvalue weighted by molar-refractivity contribution is 5.88. The van der Waals surface area contributed by atoms with Crippen molar-refractivity contribution in [1.29, 1.82) is 0 Å². The van der Waals surface area contributed by atoms with E-state index in [9.17, 15) is 50.8 Å². The van der Waals surface area contributed by atoms with E-state index in [1.165, 1.54) is 31.2 Å². The summed E-state index contributed by atoms with van der Waals surface area (Å²) >= 11 is 0. The van der Waals surface area contributed by atoms with Gasteiger partial charge >= 0.3 is 0 Å². The summed E-state index contributed by atoms with van der Waals surface area (Å²) in [6.45, 7) is 0.866. The van der Waals surface area contributed by atoms with Crippen molar-refractivity contribution >= 4 is 11.0 Å². The standard InChI is InChI=1S/C27H30O15/c1-9-17(31)20(34)22(36)26(39-9)38-8-15-18(32)21(35)23(37)27(41-15)42-25-19(33)16-13(30)6-12(29)7-14(16)40-24(25)10-2-4-11(28)5-3-10/h2-7,9,15,17-18,20-23,26-32,34-37H,8H2,1H3/t9-,15-,17+,18+,20-,21-,22-,23+,26-,27+/m0/s1. The van der Waals surface area contributed by atoms with Crippen LogP contribution in [0, 0.1) is 0 Å². The number of fused-ring (bicyclic) bond motifs is 1. The van der Waals surface area contributed by atoms with Gasteiger partial charge in [-0.05, 0) is 31.2 Å². The average molecular weight is 595 g/mol. The lowest BCUT2D eigenvalue weighted by Gasteiger charge is -2.42. The summed E-state index contributed by atoms with van der Waals surface area (Å²) in [6, 6.07) is 7.33. The summed E-state index contributed by atoms with van der Waals surface area (Å²) in [5, 5.41) is 91.4. The Balaban J connectivity index is 1.46. The van der Waals surface area contributed by atoms with Gasteiger partial charge in [-0.25, -0.2) is 0 Å². The minimum absolute atomic E-state index is 0.103. The van der Waals surface area contributed by atoms with E-state index in [2.05, 4.69) is 0 Å². The van der Waals surface area contributed by atoms with Gasteiger partial charge in [0.25, 0.3) is 0 Å². The van der Waals surface area contributed by atoms with E-state index in [1.54, 1.807) is 0 Å². The van der Waals surface area contributed by atoms with Crippen LogP contribution in [0.25, 0.3) is 22.3 Å². The molecule has 0 saturated carbocycles. The monoisotopic (exact) mass is 594 g/mol. The number of phenols is 3. The van der Waals surface area contributed by atoms with Gasteiger partial charge in [-0.3, -0.25) is 4.79 Å². The van der Waals surface area contributed by atoms with E-state index in [1.807, 2.05) is 0 Å². The first-order valence-corrected chi connectivity index (χ1v) is 12.9. The number of aliphatic hydroxyl groups excluding tert-OH is 6. The number of phenolic OH excluding ortho intramolecular Hbond substituents is 3. The highest BCUT2D eigenvalue weighted by atomic mass is 16.7. The molecule has 1 aromatic heterocycles. The summed E-state index contributed by atoms with van der Waals surface area (Å²) in [5.74, 6) is -1.97. The Morgan fingerprint density at radius 3 is 2.10 bits per heavy atom. The van der Waals surface area contributed by atoms with Crippen molar-refractivity contribution in [2.75, 3.05) is 6.61 Å². The first-order chi connectivity index (χ1) is 19.9. The fourth-order valence-electron chi connectivity index (χ4n) is 4.79. The second kappa shape index (κ2) is 11.6. The molecule has 228 valence electrons. The van der Waals surface area contributed by atoms with Crippen molar-refractivity contribution in [2.24, 2.45) is 0 Å². The predicted octanol–water partition coefficient (Wildman–Crippen LogP) is -1.39. The molecule has 2 aromatic carbocycles. The van der Waals surface area contributed by atoms with Crippen LogP contribution in [0.2, 0.25) is 0 Å². The van der Waals surface area contributed by atoms with E-state index in [4.69, 9.17) is 23.4 Å². The van der Waals surface area contributed by atoms with Crippen LogP contribution in [0.3, 0.4) is 0 Å². The third-order valence-corrected chi connectivity index (χ3v) is 7.18. The molecule has 0 radical (unpaired) electrons. The van der Waals surface area contributed by atoms with E-state index in [-0.39, 0.29) is 28.0 Å². The van der Waals surface area contributed by atoms with Crippen LogP contribution in [0.15, 0.2) is 45.6 Å². The predicted molar refractivity (Wildman–Crippen MR) is 139 cm³/mol. The zero-order valence-corrected chi connectivity index (χ0v) is 21.9. The van der Waals surface area contributed by atoms with Gasteiger partial charge in [0.1, 0.15) is 70.9 Å². The summed E-state index contributed by atoms with van der Waals surface area (Å²) in [7, 11) is 0. The molecule has 15 heteroatoms. The van der Waals surface area contributed by atoms with Crippen LogP contribution in [0.4, 0.5) is 0 Å². The van der Waals surface area contributed by atoms with Crippen molar-refractivity contribution in [3.8, 4) is 34.3 Å². The topological polar surface area (TPSA) is 249 Å². The molecule has 0 spiro atoms. The summed E-state index contributed by atoms with van der Waals surface area (Å²) in [5.41, 5.74) is -0.956. The van der Waals surface area contributed by atoms with Crippen molar-refractivity contribution in [3.05, 3.63) is 46.6 Å². The van der Waals surface area contributed by atoms with Crippen LogP contribution >= 0.6 is 0 Å². The van der Waals surface area contributed by atoms with Crippen molar-refractivity contribution in [2.45, 2.75) is 68.3 Å². The van der Waals surface area contributed by atoms with Gasteiger partial charge < -0.3 is 69.3 Å². The third kappa shape index (κ3) is 5.49. The van der Waals surface area contributed by atoms with E-state index in [0.717, 1.165) is 12.1 Å². The molecular weight excluding hydrogens is 564 g/mol. The Labute approximate surface area is 236 Å². The van der Waals surface area contributed by atoms with Crippen LogP contribution in [0.1, 0.15) is 6.92 Å². The summed E-state index contributed by atoms with van der Waals surface area (Å²) < 4.78 is 28.0. The molecule has 9 N–H and O–H groups in total. The maximum absolute atomic E-state index is 13.5. The van der Waals surface area contributed by atoms with E-state index in [0.29, 0.717) is 0 Å². The lowest BCUT2D eigenvalue weighted by atomic mass is 9.98. The zero-order chi connectivity index (χ0) is 30.5. The summed E-state index contributed by atoms with van der Waals surface area (Å²) in [6.07, 6.45) is -15.8. The number of hydrogen-bond acceptors (Lipinski definition) is 15. The number of benzene rings is 2. The average Bonchev–Trinajstić information content (AvgIpc) is 2.95. The van der Waals surface area contributed by atoms with Gasteiger partial charge in [-0.2, -0.15) is 0 Å². The van der Waals surface area contributed by atoms with Crippen molar-refractivity contribution < 1.29 is 69.3 Å². The SMILES string of the molecule is C[C@@H]1O[C@H](OC[C@@H]2O[C@H](Oc3c(-c4ccc(O)cc4)oc4cc(O)cc(O)c4c3=O)[C@H](O)[C@@H](O)[C@@H]2O)[C@@H](O)[C@@H](O)[C@@H]1O. The normalized spacial score (nSPS) is 33.5. The van der Waals surface area contributed by atoms with Crippen LogP contribution < -0.4 is 10.2 Å². The Kier molecular flexibility index (Phi) is 8.30. The molecule has 3 aromatic rings. The Hall–Kier alpha value is -3.51. The number of hydrogen-bond donors (Lipinski definition) is 9. The molecule has 0 unspecified atom stereocenters. The molecule has 2 fully saturated rings. The molecule has 0 bridgehead atoms. The van der Waals surface area contributed by atoms with Crippen molar-refractivity contribution in [3.63, 3.8) is 0 Å². The van der Waals surface area contributed by atoms with Crippen molar-refractivity contribution in [1.82, 2.24) is 0 Å². The molecule has 42 heavy (non-hydrogen) atoms. The minimum Gasteiger partial charge on any atom is -0.508 e. The second-order valence-electron chi connectivity index (χ2n) is 10.1. The van der Waals surface area contributed by atoms with Gasteiger partial charge in [-0.15, -0.1) is 0 Å². The molecule has 5 rings (SSSR count). The van der Waals surface area contributed by atoms with Crippen LogP contribution in [0.5, 0.6) is 23.0 Å². The lowest BCUT2D eigenvalue weighted by molar-refractivity contribution is -0.318. The molecule has 10 atom stereocenters. The fourth-order valence-corrected chi connectivity index (χ4v) is 4.79. The fraction of sp³-hybridized carbons (Fsp3) is 0.444. The smallest absolute Gasteiger partial charge is 0.239 e. The Morgan fingerprint density at radius 2 is 1.40 bits per heavy atom. The number of aromatic hydroxyl groups is 3. The van der Waals surface area contributed by atoms with Gasteiger partial charge in [0.15, 0.2) is 12.1 Å². The second-order valence-corrected chi connectivity index (χ2v) is 10.1. The summed E-state index contributed by atoms with van der Waals surface area (Å²) in [4.78, 5) is 13.5. The van der Waals surface area contributed by atoms with E-state index >= 15 is 0 Å². The first-order valence-electron chi connectivity index (χ1n) is 12.9. The molecule has 15 nitrogen and oxygen atoms in total. The Morgan fingerprint density at radius 1 is 0.762 bits per heavy atom. The minimum atomic E-state index is -1.92. The molecule has 0 amide bonds. The maximum atomic E-state index is 13.5. The molecule has 2 aliphatic heterocycles. The molecule has 2 aliphatic rings. The third-order valence-electron chi connectivity index (χ3n) is 7.18. The zero-order valence-electron chi connectivity index (χ0n) is 21.9. The lowest BCUT2D eigenvalue weighted by Crippen LogP contribution is -2.61. The molecule has 0 aliphatic carbocycles. The maximum Gasteiger partial charge on any atom is 0.239 e.